The standard InChI is InChI=1S/C17H19N2O9PS/c1-9(21)10-3-2-4-11(7-10)27-29(25,30)28-15-12(8-20)26-16(14(15)23)19-6-5-13(22)18-17(19)24/h2-7,12,14-16,20,23H,8H2,1H3,(H,25,30)(H,18,22,24)/t12-,14-,15-,16-,29?/m1/s1. The number of ketones is 1. The first-order valence-electron chi connectivity index (χ1n) is 8.69. The van der Waals surface area contributed by atoms with E-state index in [1.54, 1.807) is 6.07 Å². The van der Waals surface area contributed by atoms with Crippen molar-refractivity contribution in [2.24, 2.45) is 0 Å². The summed E-state index contributed by atoms with van der Waals surface area (Å²) in [5, 5.41) is 20.2. The van der Waals surface area contributed by atoms with E-state index in [1.807, 2.05) is 4.98 Å². The molecular formula is C17H19N2O9PS. The maximum atomic E-state index is 12.0. The Morgan fingerprint density at radius 1 is 1.37 bits per heavy atom. The minimum absolute atomic E-state index is 0.0795. The number of aliphatic hydroxyl groups excluding tert-OH is 2. The van der Waals surface area contributed by atoms with E-state index in [0.29, 0.717) is 5.56 Å². The second kappa shape index (κ2) is 8.90. The van der Waals surface area contributed by atoms with E-state index in [1.165, 1.54) is 25.1 Å². The molecule has 3 rings (SSSR count). The molecule has 1 fully saturated rings. The van der Waals surface area contributed by atoms with Crippen LogP contribution in [0.1, 0.15) is 23.5 Å². The van der Waals surface area contributed by atoms with Crippen LogP contribution >= 0.6 is 6.72 Å². The van der Waals surface area contributed by atoms with Crippen LogP contribution in [0.3, 0.4) is 0 Å². The molecule has 4 N–H and O–H groups in total. The number of nitrogens with one attached hydrogen (secondary N) is 1. The third-order valence-corrected chi connectivity index (χ3v) is 5.76. The Morgan fingerprint density at radius 2 is 2.10 bits per heavy atom. The summed E-state index contributed by atoms with van der Waals surface area (Å²) < 4.78 is 17.1. The Hall–Kier alpha value is -2.18. The Labute approximate surface area is 174 Å². The third kappa shape index (κ3) is 4.93. The number of nitrogens with zero attached hydrogens (tertiary/aromatic N) is 1. The Kier molecular flexibility index (Phi) is 6.68. The zero-order chi connectivity index (χ0) is 22.1. The van der Waals surface area contributed by atoms with Crippen LogP contribution in [-0.2, 0) is 21.1 Å². The van der Waals surface area contributed by atoms with Crippen molar-refractivity contribution in [2.45, 2.75) is 31.5 Å². The van der Waals surface area contributed by atoms with Crippen LogP contribution in [0.25, 0.3) is 0 Å². The highest BCUT2D eigenvalue weighted by Gasteiger charge is 2.48. The molecule has 0 spiro atoms. The molecule has 2 aromatic rings. The Morgan fingerprint density at radius 3 is 2.73 bits per heavy atom. The first kappa shape index (κ1) is 22.5. The van der Waals surface area contributed by atoms with Crippen molar-refractivity contribution >= 4 is 24.3 Å². The molecule has 1 aliphatic heterocycles. The second-order valence-corrected chi connectivity index (χ2v) is 9.18. The van der Waals surface area contributed by atoms with Crippen LogP contribution in [0.2, 0.25) is 0 Å². The quantitative estimate of drug-likeness (QED) is 0.319. The van der Waals surface area contributed by atoms with Crippen LogP contribution in [0, 0.1) is 0 Å². The summed E-state index contributed by atoms with van der Waals surface area (Å²) in [6.07, 6.45) is -4.22. The van der Waals surface area contributed by atoms with E-state index < -0.39 is 49.1 Å². The van der Waals surface area contributed by atoms with Gasteiger partial charge >= 0.3 is 12.4 Å². The molecule has 1 saturated heterocycles. The average Bonchev–Trinajstić information content (AvgIpc) is 2.97. The lowest BCUT2D eigenvalue weighted by atomic mass is 10.1. The zero-order valence-corrected chi connectivity index (χ0v) is 17.3. The van der Waals surface area contributed by atoms with Crippen molar-refractivity contribution in [3.63, 3.8) is 0 Å². The molecule has 2 heterocycles. The number of hydrogen-bond donors (Lipinski definition) is 4. The molecule has 0 radical (unpaired) electrons. The largest absolute Gasteiger partial charge is 0.424 e. The molecule has 0 bridgehead atoms. The van der Waals surface area contributed by atoms with E-state index in [9.17, 15) is 29.5 Å². The van der Waals surface area contributed by atoms with E-state index in [-0.39, 0.29) is 11.5 Å². The third-order valence-electron chi connectivity index (χ3n) is 4.33. The van der Waals surface area contributed by atoms with Gasteiger partial charge in [-0.05, 0) is 19.1 Å². The maximum Gasteiger partial charge on any atom is 0.378 e. The average molecular weight is 458 g/mol. The minimum atomic E-state index is -4.01. The number of benzene rings is 1. The first-order chi connectivity index (χ1) is 14.1. The number of carbonyl (C=O) groups is 1. The van der Waals surface area contributed by atoms with Gasteiger partial charge in [0.2, 0.25) is 0 Å². The van der Waals surface area contributed by atoms with Gasteiger partial charge in [-0.15, -0.1) is 0 Å². The van der Waals surface area contributed by atoms with Gasteiger partial charge in [0.05, 0.1) is 6.61 Å². The number of aromatic amines is 1. The summed E-state index contributed by atoms with van der Waals surface area (Å²) in [5.41, 5.74) is -1.15. The predicted octanol–water partition coefficient (Wildman–Crippen LogP) is -0.329. The monoisotopic (exact) mass is 458 g/mol. The lowest BCUT2D eigenvalue weighted by Crippen LogP contribution is -2.38. The topological polar surface area (TPSA) is 160 Å². The fraction of sp³-hybridized carbons (Fsp3) is 0.353. The lowest BCUT2D eigenvalue weighted by molar-refractivity contribution is -0.0546. The number of hydrogen-bond acceptors (Lipinski definition) is 9. The first-order valence-corrected chi connectivity index (χ1v) is 11.3. The molecule has 0 amide bonds. The van der Waals surface area contributed by atoms with Crippen LogP contribution < -0.4 is 15.8 Å². The maximum absolute atomic E-state index is 12.0. The lowest BCUT2D eigenvalue weighted by Gasteiger charge is -2.25. The predicted molar refractivity (Wildman–Crippen MR) is 107 cm³/mol. The van der Waals surface area contributed by atoms with Gasteiger partial charge in [-0.1, -0.05) is 12.1 Å². The summed E-state index contributed by atoms with van der Waals surface area (Å²) in [4.78, 5) is 47.2. The normalized spacial score (nSPS) is 25.6. The number of ether oxygens (including phenoxy) is 1. The van der Waals surface area contributed by atoms with Crippen molar-refractivity contribution in [1.82, 2.24) is 9.55 Å². The van der Waals surface area contributed by atoms with E-state index in [2.05, 4.69) is 0 Å². The Balaban J connectivity index is 1.81. The molecular weight excluding hydrogens is 439 g/mol. The summed E-state index contributed by atoms with van der Waals surface area (Å²) in [5.74, 6) is -0.141. The fourth-order valence-corrected chi connectivity index (χ4v) is 4.48. The number of aromatic nitrogens is 2. The molecule has 5 atom stereocenters. The number of carbonyl (C=O) groups excluding carboxylic acids is 1. The number of H-pyrrole nitrogens is 1. The number of aliphatic hydroxyl groups is 2. The van der Waals surface area contributed by atoms with Crippen molar-refractivity contribution in [3.05, 3.63) is 62.9 Å². The van der Waals surface area contributed by atoms with Crippen molar-refractivity contribution in [1.29, 1.82) is 0 Å². The highest BCUT2D eigenvalue weighted by Crippen LogP contribution is 2.48. The highest BCUT2D eigenvalue weighted by molar-refractivity contribution is 8.07. The summed E-state index contributed by atoms with van der Waals surface area (Å²) in [6, 6.07) is 6.97. The van der Waals surface area contributed by atoms with Gasteiger partial charge in [-0.25, -0.2) is 4.79 Å². The molecule has 0 aliphatic carbocycles. The smallest absolute Gasteiger partial charge is 0.378 e. The van der Waals surface area contributed by atoms with Crippen LogP contribution in [-0.4, -0.2) is 55.4 Å². The summed E-state index contributed by atoms with van der Waals surface area (Å²) in [7, 11) is 0. The molecule has 0 saturated carbocycles. The van der Waals surface area contributed by atoms with E-state index >= 15 is 0 Å². The van der Waals surface area contributed by atoms with Gasteiger partial charge in [0.1, 0.15) is 24.1 Å². The van der Waals surface area contributed by atoms with Gasteiger partial charge in [-0.3, -0.25) is 23.7 Å². The van der Waals surface area contributed by atoms with Gasteiger partial charge < -0.3 is 24.4 Å². The fourth-order valence-electron chi connectivity index (χ4n) is 2.93. The summed E-state index contributed by atoms with van der Waals surface area (Å²) >= 11 is 5.00. The van der Waals surface area contributed by atoms with E-state index in [0.717, 1.165) is 16.8 Å². The molecule has 1 aromatic carbocycles. The van der Waals surface area contributed by atoms with Gasteiger partial charge in [0.15, 0.2) is 12.0 Å². The minimum Gasteiger partial charge on any atom is -0.424 e. The number of rotatable bonds is 7. The van der Waals surface area contributed by atoms with Crippen molar-refractivity contribution in [2.75, 3.05) is 6.61 Å². The second-order valence-electron chi connectivity index (χ2n) is 6.47. The highest BCUT2D eigenvalue weighted by atomic mass is 32.5. The molecule has 1 aromatic heterocycles. The van der Waals surface area contributed by atoms with E-state index in [4.69, 9.17) is 25.6 Å². The molecule has 1 unspecified atom stereocenters. The van der Waals surface area contributed by atoms with Gasteiger partial charge in [0, 0.05) is 29.6 Å². The molecule has 30 heavy (non-hydrogen) atoms. The SMILES string of the molecule is CC(=O)c1cccc(OP(O)(=S)O[C@H]2[C@@H](O)[C@H](n3ccc(=O)[nH]c3=O)O[C@@H]2CO)c1. The molecule has 162 valence electrons. The van der Waals surface area contributed by atoms with Crippen molar-refractivity contribution < 1.29 is 33.7 Å². The summed E-state index contributed by atoms with van der Waals surface area (Å²) in [6.45, 7) is -3.27. The zero-order valence-electron chi connectivity index (χ0n) is 15.6. The van der Waals surface area contributed by atoms with Crippen LogP contribution in [0.15, 0.2) is 46.1 Å². The van der Waals surface area contributed by atoms with Crippen LogP contribution in [0.5, 0.6) is 5.75 Å². The van der Waals surface area contributed by atoms with Crippen LogP contribution in [0.4, 0.5) is 0 Å². The molecule has 13 heteroatoms. The van der Waals surface area contributed by atoms with Crippen molar-refractivity contribution in [3.8, 4) is 5.75 Å². The van der Waals surface area contributed by atoms with Gasteiger partial charge in [-0.2, -0.15) is 0 Å². The molecule has 11 nitrogen and oxygen atoms in total. The number of Topliss-reactive ketones (excluding diaryl/α,β-unsaturated/α-hetero) is 1. The van der Waals surface area contributed by atoms with Gasteiger partial charge in [0.25, 0.3) is 5.56 Å². The molecule has 1 aliphatic rings. The Bertz CT molecular complexity index is 1100.